The largest absolute Gasteiger partial charge is 0.303 e. The summed E-state index contributed by atoms with van der Waals surface area (Å²) in [5, 5.41) is 0. The van der Waals surface area contributed by atoms with Gasteiger partial charge < -0.3 is 4.40 Å². The summed E-state index contributed by atoms with van der Waals surface area (Å²) in [5.41, 5.74) is 2.67. The average Bonchev–Trinajstić information content (AvgIpc) is 2.55. The predicted octanol–water partition coefficient (Wildman–Crippen LogP) is 2.75. The van der Waals surface area contributed by atoms with Crippen molar-refractivity contribution in [1.29, 1.82) is 0 Å². The van der Waals surface area contributed by atoms with Crippen molar-refractivity contribution >= 4 is 11.8 Å². The zero-order valence-electron chi connectivity index (χ0n) is 10.1. The first-order valence-corrected chi connectivity index (χ1v) is 5.38. The molecule has 2 heterocycles. The maximum atomic E-state index is 10.7. The van der Waals surface area contributed by atoms with Crippen molar-refractivity contribution in [3.8, 4) is 0 Å². The quantitative estimate of drug-likeness (QED) is 0.687. The zero-order valence-corrected chi connectivity index (χ0v) is 10.1. The monoisotopic (exact) mass is 216 g/mol. The number of aromatic nitrogens is 2. The second kappa shape index (κ2) is 3.44. The topological polar surface area (TPSA) is 34.4 Å². The van der Waals surface area contributed by atoms with Gasteiger partial charge >= 0.3 is 0 Å². The Kier molecular flexibility index (Phi) is 2.34. The van der Waals surface area contributed by atoms with E-state index in [0.29, 0.717) is 5.56 Å². The van der Waals surface area contributed by atoms with Gasteiger partial charge in [0, 0.05) is 17.2 Å². The third-order valence-corrected chi connectivity index (χ3v) is 2.66. The highest BCUT2D eigenvalue weighted by Gasteiger charge is 2.21. The maximum absolute atomic E-state index is 10.7. The molecule has 0 atom stereocenters. The molecule has 16 heavy (non-hydrogen) atoms. The van der Waals surface area contributed by atoms with Crippen LogP contribution in [0.5, 0.6) is 0 Å². The van der Waals surface area contributed by atoms with E-state index in [-0.39, 0.29) is 5.41 Å². The molecule has 84 valence electrons. The van der Waals surface area contributed by atoms with Crippen LogP contribution in [-0.4, -0.2) is 15.7 Å². The van der Waals surface area contributed by atoms with Crippen molar-refractivity contribution in [3.63, 3.8) is 0 Å². The Bertz CT molecular complexity index is 547. The SMILES string of the molecule is Cc1nc(C(C)(C)C)n2ccc(C=O)cc12. The zero-order chi connectivity index (χ0) is 11.9. The maximum Gasteiger partial charge on any atom is 0.150 e. The first kappa shape index (κ1) is 10.9. The fraction of sp³-hybridized carbons (Fsp3) is 0.385. The fourth-order valence-electron chi connectivity index (χ4n) is 1.85. The Balaban J connectivity index is 2.77. The summed E-state index contributed by atoms with van der Waals surface area (Å²) < 4.78 is 2.06. The third kappa shape index (κ3) is 1.62. The Morgan fingerprint density at radius 1 is 1.38 bits per heavy atom. The van der Waals surface area contributed by atoms with Crippen LogP contribution in [0, 0.1) is 6.92 Å². The standard InChI is InChI=1S/C13H16N2O/c1-9-11-7-10(8-16)5-6-15(11)12(14-9)13(2,3)4/h5-8H,1-4H3. The van der Waals surface area contributed by atoms with E-state index in [1.807, 2.05) is 25.3 Å². The van der Waals surface area contributed by atoms with E-state index >= 15 is 0 Å². The van der Waals surface area contributed by atoms with Crippen LogP contribution in [0.1, 0.15) is 42.6 Å². The summed E-state index contributed by atoms with van der Waals surface area (Å²) in [5.74, 6) is 1.03. The molecule has 2 aromatic heterocycles. The third-order valence-electron chi connectivity index (χ3n) is 2.66. The van der Waals surface area contributed by atoms with Crippen LogP contribution in [0.25, 0.3) is 5.52 Å². The van der Waals surface area contributed by atoms with Crippen molar-refractivity contribution < 1.29 is 4.79 Å². The predicted molar refractivity (Wildman–Crippen MR) is 64.0 cm³/mol. The molecule has 0 saturated carbocycles. The number of pyridine rings is 1. The van der Waals surface area contributed by atoms with Crippen molar-refractivity contribution in [3.05, 3.63) is 35.4 Å². The Morgan fingerprint density at radius 2 is 2.06 bits per heavy atom. The normalized spacial score (nSPS) is 12.0. The molecule has 0 spiro atoms. The molecular weight excluding hydrogens is 200 g/mol. The number of hydrogen-bond donors (Lipinski definition) is 0. The van der Waals surface area contributed by atoms with E-state index in [9.17, 15) is 4.79 Å². The lowest BCUT2D eigenvalue weighted by Gasteiger charge is -2.16. The Morgan fingerprint density at radius 3 is 2.62 bits per heavy atom. The van der Waals surface area contributed by atoms with E-state index in [2.05, 4.69) is 30.2 Å². The van der Waals surface area contributed by atoms with Crippen LogP contribution < -0.4 is 0 Å². The van der Waals surface area contributed by atoms with Gasteiger partial charge in [-0.2, -0.15) is 0 Å². The van der Waals surface area contributed by atoms with Crippen molar-refractivity contribution in [1.82, 2.24) is 9.38 Å². The lowest BCUT2D eigenvalue weighted by atomic mass is 9.96. The molecule has 0 bridgehead atoms. The molecule has 3 nitrogen and oxygen atoms in total. The van der Waals surface area contributed by atoms with Crippen LogP contribution in [0.4, 0.5) is 0 Å². The number of nitrogens with zero attached hydrogens (tertiary/aromatic N) is 2. The van der Waals surface area contributed by atoms with Crippen LogP contribution in [0.3, 0.4) is 0 Å². The van der Waals surface area contributed by atoms with E-state index in [0.717, 1.165) is 23.3 Å². The molecule has 2 rings (SSSR count). The summed E-state index contributed by atoms with van der Waals surface area (Å²) in [6.45, 7) is 8.37. The molecule has 0 radical (unpaired) electrons. The summed E-state index contributed by atoms with van der Waals surface area (Å²) in [6, 6.07) is 3.70. The van der Waals surface area contributed by atoms with Gasteiger partial charge in [-0.05, 0) is 19.1 Å². The van der Waals surface area contributed by atoms with E-state index in [1.54, 1.807) is 0 Å². The van der Waals surface area contributed by atoms with E-state index in [4.69, 9.17) is 0 Å². The molecule has 0 aromatic carbocycles. The highest BCUT2D eigenvalue weighted by atomic mass is 16.1. The molecule has 2 aromatic rings. The fourth-order valence-corrected chi connectivity index (χ4v) is 1.85. The van der Waals surface area contributed by atoms with Gasteiger partial charge in [-0.3, -0.25) is 4.79 Å². The smallest absolute Gasteiger partial charge is 0.150 e. The molecular formula is C13H16N2O. The Labute approximate surface area is 95.1 Å². The summed E-state index contributed by atoms with van der Waals surface area (Å²) in [4.78, 5) is 15.3. The molecule has 0 aliphatic rings. The minimum atomic E-state index is -0.000127. The average molecular weight is 216 g/mol. The van der Waals surface area contributed by atoms with Gasteiger partial charge in [0.2, 0.25) is 0 Å². The van der Waals surface area contributed by atoms with Crippen LogP contribution in [0.15, 0.2) is 18.3 Å². The summed E-state index contributed by atoms with van der Waals surface area (Å²) >= 11 is 0. The van der Waals surface area contributed by atoms with Crippen molar-refractivity contribution in [2.45, 2.75) is 33.1 Å². The second-order valence-corrected chi connectivity index (χ2v) is 5.10. The minimum absolute atomic E-state index is 0.000127. The number of aryl methyl sites for hydroxylation is 1. The molecule has 0 saturated heterocycles. The van der Waals surface area contributed by atoms with E-state index < -0.39 is 0 Å². The van der Waals surface area contributed by atoms with Gasteiger partial charge in [-0.15, -0.1) is 0 Å². The first-order chi connectivity index (χ1) is 7.43. The number of carbonyl (C=O) groups excluding carboxylic acids is 1. The number of rotatable bonds is 1. The molecule has 0 fully saturated rings. The van der Waals surface area contributed by atoms with Crippen LogP contribution in [-0.2, 0) is 5.41 Å². The minimum Gasteiger partial charge on any atom is -0.303 e. The number of aldehydes is 1. The number of imidazole rings is 1. The summed E-state index contributed by atoms with van der Waals surface area (Å²) in [7, 11) is 0. The number of carbonyl (C=O) groups is 1. The van der Waals surface area contributed by atoms with Gasteiger partial charge in [-0.25, -0.2) is 4.98 Å². The van der Waals surface area contributed by atoms with Crippen LogP contribution >= 0.6 is 0 Å². The highest BCUT2D eigenvalue weighted by molar-refractivity contribution is 5.77. The number of hydrogen-bond acceptors (Lipinski definition) is 2. The van der Waals surface area contributed by atoms with Gasteiger partial charge in [0.25, 0.3) is 0 Å². The van der Waals surface area contributed by atoms with Crippen molar-refractivity contribution in [2.24, 2.45) is 0 Å². The molecule has 0 aliphatic heterocycles. The molecule has 3 heteroatoms. The van der Waals surface area contributed by atoms with Crippen LogP contribution in [0.2, 0.25) is 0 Å². The number of fused-ring (bicyclic) bond motifs is 1. The van der Waals surface area contributed by atoms with E-state index in [1.165, 1.54) is 0 Å². The second-order valence-electron chi connectivity index (χ2n) is 5.10. The molecule has 0 aliphatic carbocycles. The van der Waals surface area contributed by atoms with Gasteiger partial charge in [0.15, 0.2) is 0 Å². The van der Waals surface area contributed by atoms with Crippen molar-refractivity contribution in [2.75, 3.05) is 0 Å². The first-order valence-electron chi connectivity index (χ1n) is 5.38. The lowest BCUT2D eigenvalue weighted by Crippen LogP contribution is -2.15. The van der Waals surface area contributed by atoms with Gasteiger partial charge in [-0.1, -0.05) is 20.8 Å². The molecule has 0 amide bonds. The lowest BCUT2D eigenvalue weighted by molar-refractivity contribution is 0.112. The Hall–Kier alpha value is -1.64. The van der Waals surface area contributed by atoms with Gasteiger partial charge in [0.1, 0.15) is 12.1 Å². The molecule has 0 unspecified atom stereocenters. The summed E-state index contributed by atoms with van der Waals surface area (Å²) in [6.07, 6.45) is 2.78. The highest BCUT2D eigenvalue weighted by Crippen LogP contribution is 2.24. The van der Waals surface area contributed by atoms with Gasteiger partial charge in [0.05, 0.1) is 11.2 Å². The molecule has 0 N–H and O–H groups in total.